The number of nitrogens with zero attached hydrogens (tertiary/aromatic N) is 2. The fraction of sp³-hybridized carbons (Fsp3) is 0.471. The minimum absolute atomic E-state index is 0.167. The fourth-order valence-corrected chi connectivity index (χ4v) is 2.76. The maximum Gasteiger partial charge on any atom is 0.123 e. The van der Waals surface area contributed by atoms with Crippen LogP contribution in [-0.2, 0) is 19.9 Å². The predicted octanol–water partition coefficient (Wildman–Crippen LogP) is 2.86. The van der Waals surface area contributed by atoms with Gasteiger partial charge in [0.25, 0.3) is 0 Å². The van der Waals surface area contributed by atoms with Gasteiger partial charge in [-0.15, -0.1) is 0 Å². The molecule has 1 aromatic heterocycles. The highest BCUT2D eigenvalue weighted by molar-refractivity contribution is 5.29. The van der Waals surface area contributed by atoms with Gasteiger partial charge in [-0.1, -0.05) is 6.07 Å². The Labute approximate surface area is 126 Å². The molecule has 4 heteroatoms. The molecular weight excluding hydrogens is 265 g/mol. The molecule has 0 amide bonds. The molecule has 1 unspecified atom stereocenters. The Balaban J connectivity index is 2.19. The van der Waals surface area contributed by atoms with E-state index >= 15 is 0 Å². The molecule has 3 nitrogen and oxygen atoms in total. The third-order valence-corrected chi connectivity index (χ3v) is 4.30. The van der Waals surface area contributed by atoms with Crippen LogP contribution in [0.1, 0.15) is 28.1 Å². The second-order valence-electron chi connectivity index (χ2n) is 5.74. The van der Waals surface area contributed by atoms with Crippen LogP contribution in [0.15, 0.2) is 18.2 Å². The summed E-state index contributed by atoms with van der Waals surface area (Å²) in [5, 5.41) is 7.82. The largest absolute Gasteiger partial charge is 0.316 e. The highest BCUT2D eigenvalue weighted by Gasteiger charge is 2.16. The van der Waals surface area contributed by atoms with Crippen molar-refractivity contribution < 1.29 is 4.39 Å². The molecule has 2 rings (SSSR count). The summed E-state index contributed by atoms with van der Waals surface area (Å²) in [4.78, 5) is 0. The highest BCUT2D eigenvalue weighted by Crippen LogP contribution is 2.18. The minimum atomic E-state index is -0.167. The first-order chi connectivity index (χ1) is 9.92. The van der Waals surface area contributed by atoms with E-state index in [9.17, 15) is 4.39 Å². The van der Waals surface area contributed by atoms with E-state index in [2.05, 4.69) is 17.3 Å². The molecular formula is C17H24FN3. The summed E-state index contributed by atoms with van der Waals surface area (Å²) < 4.78 is 15.3. The Bertz CT molecular complexity index is 631. The molecule has 0 fully saturated rings. The summed E-state index contributed by atoms with van der Waals surface area (Å²) in [5.41, 5.74) is 5.76. The average molecular weight is 289 g/mol. The normalized spacial score (nSPS) is 12.7. The number of benzene rings is 1. The Hall–Kier alpha value is -1.68. The SMILES string of the molecule is CNC(Cc1cc(F)ccc1C)Cc1c(C)nn(C)c1C. The first kappa shape index (κ1) is 15.7. The standard InChI is InChI=1S/C17H24FN3/c1-11-6-7-15(18)8-14(11)9-16(19-4)10-17-12(2)20-21(5)13(17)3/h6-8,16,19H,9-10H2,1-5H3. The molecule has 1 aromatic carbocycles. The van der Waals surface area contributed by atoms with E-state index in [1.165, 1.54) is 17.3 Å². The van der Waals surface area contributed by atoms with Crippen LogP contribution < -0.4 is 5.32 Å². The molecule has 1 heterocycles. The van der Waals surface area contributed by atoms with E-state index in [0.29, 0.717) is 0 Å². The second kappa shape index (κ2) is 6.39. The van der Waals surface area contributed by atoms with Crippen LogP contribution in [0.4, 0.5) is 4.39 Å². The van der Waals surface area contributed by atoms with E-state index in [0.717, 1.165) is 29.7 Å². The molecule has 0 saturated heterocycles. The zero-order valence-corrected chi connectivity index (χ0v) is 13.5. The van der Waals surface area contributed by atoms with E-state index in [1.807, 2.05) is 38.7 Å². The average Bonchev–Trinajstić information content (AvgIpc) is 2.68. The van der Waals surface area contributed by atoms with Gasteiger partial charge in [0.05, 0.1) is 5.69 Å². The lowest BCUT2D eigenvalue weighted by Gasteiger charge is -2.18. The number of aryl methyl sites for hydroxylation is 3. The lowest BCUT2D eigenvalue weighted by Crippen LogP contribution is -2.30. The summed E-state index contributed by atoms with van der Waals surface area (Å²) >= 11 is 0. The fourth-order valence-electron chi connectivity index (χ4n) is 2.76. The summed E-state index contributed by atoms with van der Waals surface area (Å²) in [5.74, 6) is -0.167. The topological polar surface area (TPSA) is 29.9 Å². The van der Waals surface area contributed by atoms with Crippen molar-refractivity contribution in [2.45, 2.75) is 39.7 Å². The molecule has 114 valence electrons. The summed E-state index contributed by atoms with van der Waals surface area (Å²) in [6.45, 7) is 6.17. The molecule has 2 aromatic rings. The van der Waals surface area contributed by atoms with Gasteiger partial charge in [0.2, 0.25) is 0 Å². The molecule has 21 heavy (non-hydrogen) atoms. The molecule has 0 aliphatic carbocycles. The van der Waals surface area contributed by atoms with Crippen molar-refractivity contribution >= 4 is 0 Å². The van der Waals surface area contributed by atoms with Crippen LogP contribution in [0.25, 0.3) is 0 Å². The summed E-state index contributed by atoms with van der Waals surface area (Å²) in [6, 6.07) is 5.27. The van der Waals surface area contributed by atoms with Gasteiger partial charge in [-0.25, -0.2) is 4.39 Å². The third-order valence-electron chi connectivity index (χ3n) is 4.30. The van der Waals surface area contributed by atoms with Crippen molar-refractivity contribution in [1.82, 2.24) is 15.1 Å². The lowest BCUT2D eigenvalue weighted by molar-refractivity contribution is 0.549. The minimum Gasteiger partial charge on any atom is -0.316 e. The monoisotopic (exact) mass is 289 g/mol. The number of aromatic nitrogens is 2. The van der Waals surface area contributed by atoms with E-state index < -0.39 is 0 Å². The molecule has 0 saturated carbocycles. The van der Waals surface area contributed by atoms with Crippen molar-refractivity contribution in [3.8, 4) is 0 Å². The Kier molecular flexibility index (Phi) is 4.78. The molecule has 0 bridgehead atoms. The van der Waals surface area contributed by atoms with Crippen molar-refractivity contribution in [3.05, 3.63) is 52.1 Å². The lowest BCUT2D eigenvalue weighted by atomic mass is 9.95. The number of halogens is 1. The number of likely N-dealkylation sites (N-methyl/N-ethyl adjacent to an activating group) is 1. The smallest absolute Gasteiger partial charge is 0.123 e. The maximum atomic E-state index is 13.4. The predicted molar refractivity (Wildman–Crippen MR) is 84.1 cm³/mol. The number of hydrogen-bond donors (Lipinski definition) is 1. The van der Waals surface area contributed by atoms with E-state index in [4.69, 9.17) is 0 Å². The van der Waals surface area contributed by atoms with Crippen LogP contribution in [0.5, 0.6) is 0 Å². The molecule has 1 atom stereocenters. The van der Waals surface area contributed by atoms with Crippen LogP contribution in [0.2, 0.25) is 0 Å². The Morgan fingerprint density at radius 1 is 1.24 bits per heavy atom. The van der Waals surface area contributed by atoms with Crippen molar-refractivity contribution in [1.29, 1.82) is 0 Å². The van der Waals surface area contributed by atoms with Gasteiger partial charge < -0.3 is 5.32 Å². The van der Waals surface area contributed by atoms with Gasteiger partial charge in [0.15, 0.2) is 0 Å². The Morgan fingerprint density at radius 2 is 1.95 bits per heavy atom. The molecule has 0 radical (unpaired) electrons. The van der Waals surface area contributed by atoms with Gasteiger partial charge in [-0.3, -0.25) is 4.68 Å². The summed E-state index contributed by atoms with van der Waals surface area (Å²) in [6.07, 6.45) is 1.71. The van der Waals surface area contributed by atoms with Gasteiger partial charge in [0.1, 0.15) is 5.82 Å². The van der Waals surface area contributed by atoms with Gasteiger partial charge in [-0.05, 0) is 69.5 Å². The first-order valence-corrected chi connectivity index (χ1v) is 7.33. The number of rotatable bonds is 5. The number of nitrogens with one attached hydrogen (secondary N) is 1. The summed E-state index contributed by atoms with van der Waals surface area (Å²) in [7, 11) is 3.93. The highest BCUT2D eigenvalue weighted by atomic mass is 19.1. The Morgan fingerprint density at radius 3 is 2.52 bits per heavy atom. The van der Waals surface area contributed by atoms with Crippen molar-refractivity contribution in [2.24, 2.45) is 7.05 Å². The molecule has 0 aliphatic rings. The maximum absolute atomic E-state index is 13.4. The zero-order valence-electron chi connectivity index (χ0n) is 13.5. The second-order valence-corrected chi connectivity index (χ2v) is 5.74. The molecule has 0 aliphatic heterocycles. The van der Waals surface area contributed by atoms with Crippen LogP contribution in [0.3, 0.4) is 0 Å². The quantitative estimate of drug-likeness (QED) is 0.917. The molecule has 1 N–H and O–H groups in total. The molecule has 0 spiro atoms. The van der Waals surface area contributed by atoms with Crippen molar-refractivity contribution in [3.63, 3.8) is 0 Å². The van der Waals surface area contributed by atoms with Crippen molar-refractivity contribution in [2.75, 3.05) is 7.05 Å². The third kappa shape index (κ3) is 3.50. The zero-order chi connectivity index (χ0) is 15.6. The van der Waals surface area contributed by atoms with E-state index in [1.54, 1.807) is 6.07 Å². The van der Waals surface area contributed by atoms with Gasteiger partial charge >= 0.3 is 0 Å². The van der Waals surface area contributed by atoms with Gasteiger partial charge in [-0.2, -0.15) is 5.10 Å². The van der Waals surface area contributed by atoms with E-state index in [-0.39, 0.29) is 11.9 Å². The van der Waals surface area contributed by atoms with Crippen LogP contribution in [-0.4, -0.2) is 22.9 Å². The first-order valence-electron chi connectivity index (χ1n) is 7.33. The van der Waals surface area contributed by atoms with Gasteiger partial charge in [0, 0.05) is 18.8 Å². The van der Waals surface area contributed by atoms with Crippen LogP contribution >= 0.6 is 0 Å². The van der Waals surface area contributed by atoms with Crippen LogP contribution in [0, 0.1) is 26.6 Å². The number of hydrogen-bond acceptors (Lipinski definition) is 2.